The molecule has 0 saturated carbocycles. The minimum atomic E-state index is -0.325. The van der Waals surface area contributed by atoms with Crippen LogP contribution in [-0.4, -0.2) is 23.2 Å². The highest BCUT2D eigenvalue weighted by atomic mass is 16.5. The average molecular weight is 322 g/mol. The van der Waals surface area contributed by atoms with E-state index in [4.69, 9.17) is 4.74 Å². The van der Waals surface area contributed by atoms with Crippen molar-refractivity contribution >= 4 is 28.2 Å². The lowest BCUT2D eigenvalue weighted by Crippen LogP contribution is -2.10. The number of para-hydroxylation sites is 1. The van der Waals surface area contributed by atoms with Gasteiger partial charge in [-0.05, 0) is 25.1 Å². The number of aromatic hydroxyl groups is 1. The van der Waals surface area contributed by atoms with Crippen LogP contribution >= 0.6 is 0 Å². The molecule has 122 valence electrons. The Hall–Kier alpha value is -3.08. The fourth-order valence-corrected chi connectivity index (χ4v) is 2.68. The van der Waals surface area contributed by atoms with Gasteiger partial charge in [-0.3, -0.25) is 9.78 Å². The predicted molar refractivity (Wildman–Crippen MR) is 93.6 cm³/mol. The van der Waals surface area contributed by atoms with Gasteiger partial charge in [0, 0.05) is 28.4 Å². The first-order valence-electron chi connectivity index (χ1n) is 7.59. The van der Waals surface area contributed by atoms with Gasteiger partial charge in [-0.25, -0.2) is 0 Å². The number of methoxy groups -OCH3 is 1. The van der Waals surface area contributed by atoms with Gasteiger partial charge in [-0.1, -0.05) is 24.3 Å². The van der Waals surface area contributed by atoms with E-state index in [0.29, 0.717) is 0 Å². The molecule has 0 radical (unpaired) electrons. The van der Waals surface area contributed by atoms with Crippen molar-refractivity contribution in [1.82, 2.24) is 4.98 Å². The maximum absolute atomic E-state index is 11.8. The molecule has 24 heavy (non-hydrogen) atoms. The normalized spacial score (nSPS) is 10.6. The summed E-state index contributed by atoms with van der Waals surface area (Å²) in [5, 5.41) is 13.9. The molecule has 0 fully saturated rings. The first kappa shape index (κ1) is 15.8. The third kappa shape index (κ3) is 3.15. The van der Waals surface area contributed by atoms with E-state index in [2.05, 4.69) is 10.3 Å². The third-order valence-corrected chi connectivity index (χ3v) is 3.86. The molecule has 2 N–H and O–H groups in total. The minimum Gasteiger partial charge on any atom is -0.508 e. The fraction of sp³-hybridized carbons (Fsp3) is 0.158. The number of fused-ring (bicyclic) bond motifs is 1. The number of ether oxygens (including phenoxy) is 1. The number of hydrogen-bond acceptors (Lipinski definition) is 5. The van der Waals surface area contributed by atoms with Crippen LogP contribution in [0, 0.1) is 6.92 Å². The van der Waals surface area contributed by atoms with Gasteiger partial charge in [0.05, 0.1) is 24.7 Å². The summed E-state index contributed by atoms with van der Waals surface area (Å²) in [4.78, 5) is 16.4. The van der Waals surface area contributed by atoms with E-state index in [1.165, 1.54) is 7.11 Å². The number of rotatable bonds is 4. The van der Waals surface area contributed by atoms with E-state index in [9.17, 15) is 9.90 Å². The first-order chi connectivity index (χ1) is 11.6. The number of aromatic nitrogens is 1. The van der Waals surface area contributed by atoms with Crippen LogP contribution in [0.3, 0.4) is 0 Å². The Morgan fingerprint density at radius 3 is 2.75 bits per heavy atom. The number of benzene rings is 2. The summed E-state index contributed by atoms with van der Waals surface area (Å²) in [6, 6.07) is 14.6. The van der Waals surface area contributed by atoms with Crippen molar-refractivity contribution in [2.24, 2.45) is 0 Å². The smallest absolute Gasteiger partial charge is 0.310 e. The van der Waals surface area contributed by atoms with Crippen LogP contribution < -0.4 is 5.32 Å². The SMILES string of the molecule is COC(=O)Cc1c(C)nc2ccccc2c1Nc1cccc(O)c1. The Kier molecular flexibility index (Phi) is 4.33. The quantitative estimate of drug-likeness (QED) is 0.717. The molecule has 2 aromatic carbocycles. The zero-order valence-corrected chi connectivity index (χ0v) is 13.5. The van der Waals surface area contributed by atoms with Gasteiger partial charge in [0.25, 0.3) is 0 Å². The van der Waals surface area contributed by atoms with Crippen LogP contribution in [0.5, 0.6) is 5.75 Å². The number of hydrogen-bond donors (Lipinski definition) is 2. The summed E-state index contributed by atoms with van der Waals surface area (Å²) in [6.07, 6.45) is 0.126. The molecule has 0 amide bonds. The highest BCUT2D eigenvalue weighted by Gasteiger charge is 2.16. The van der Waals surface area contributed by atoms with Crippen molar-refractivity contribution in [3.05, 3.63) is 59.8 Å². The Bertz CT molecular complexity index is 906. The monoisotopic (exact) mass is 322 g/mol. The second-order valence-electron chi connectivity index (χ2n) is 5.50. The molecule has 0 unspecified atom stereocenters. The molecule has 0 spiro atoms. The number of esters is 1. The molecular formula is C19H18N2O3. The zero-order valence-electron chi connectivity index (χ0n) is 13.5. The summed E-state index contributed by atoms with van der Waals surface area (Å²) in [6.45, 7) is 1.87. The molecule has 0 aliphatic carbocycles. The molecule has 3 aromatic rings. The maximum atomic E-state index is 11.8. The van der Waals surface area contributed by atoms with Crippen LogP contribution in [0.25, 0.3) is 10.9 Å². The number of carbonyl (C=O) groups excluding carboxylic acids is 1. The van der Waals surface area contributed by atoms with Gasteiger partial charge in [0.15, 0.2) is 0 Å². The van der Waals surface area contributed by atoms with Gasteiger partial charge in [-0.2, -0.15) is 0 Å². The maximum Gasteiger partial charge on any atom is 0.310 e. The molecule has 0 aliphatic rings. The lowest BCUT2D eigenvalue weighted by atomic mass is 10.0. The highest BCUT2D eigenvalue weighted by Crippen LogP contribution is 2.32. The number of anilines is 2. The summed E-state index contributed by atoms with van der Waals surface area (Å²) in [5.74, 6) is -0.154. The first-order valence-corrected chi connectivity index (χ1v) is 7.59. The molecule has 1 aromatic heterocycles. The van der Waals surface area contributed by atoms with Crippen LogP contribution in [0.1, 0.15) is 11.3 Å². The standard InChI is InChI=1S/C19H18N2O3/c1-12-16(11-18(23)24-2)19(15-8-3-4-9-17(15)20-12)21-13-6-5-7-14(22)10-13/h3-10,22H,11H2,1-2H3,(H,20,21). The van der Waals surface area contributed by atoms with E-state index >= 15 is 0 Å². The molecule has 0 bridgehead atoms. The Morgan fingerprint density at radius 1 is 1.21 bits per heavy atom. The number of nitrogens with one attached hydrogen (secondary N) is 1. The van der Waals surface area contributed by atoms with E-state index in [-0.39, 0.29) is 18.1 Å². The summed E-state index contributed by atoms with van der Waals surface area (Å²) in [7, 11) is 1.37. The third-order valence-electron chi connectivity index (χ3n) is 3.86. The van der Waals surface area contributed by atoms with Gasteiger partial charge < -0.3 is 15.2 Å². The van der Waals surface area contributed by atoms with E-state index in [0.717, 1.165) is 33.5 Å². The van der Waals surface area contributed by atoms with Crippen molar-refractivity contribution in [1.29, 1.82) is 0 Å². The van der Waals surface area contributed by atoms with E-state index in [1.807, 2.05) is 37.3 Å². The Balaban J connectivity index is 2.17. The van der Waals surface area contributed by atoms with Crippen molar-refractivity contribution < 1.29 is 14.6 Å². The number of nitrogens with zero attached hydrogens (tertiary/aromatic N) is 1. The van der Waals surface area contributed by atoms with Gasteiger partial charge in [0.2, 0.25) is 0 Å². The van der Waals surface area contributed by atoms with Crippen molar-refractivity contribution in [2.75, 3.05) is 12.4 Å². The van der Waals surface area contributed by atoms with Crippen molar-refractivity contribution in [3.8, 4) is 5.75 Å². The highest BCUT2D eigenvalue weighted by molar-refractivity contribution is 5.96. The van der Waals surface area contributed by atoms with Crippen LogP contribution in [0.15, 0.2) is 48.5 Å². The second kappa shape index (κ2) is 6.58. The van der Waals surface area contributed by atoms with E-state index in [1.54, 1.807) is 18.2 Å². The average Bonchev–Trinajstić information content (AvgIpc) is 2.57. The topological polar surface area (TPSA) is 71.5 Å². The number of phenols is 1. The van der Waals surface area contributed by atoms with Gasteiger partial charge in [-0.15, -0.1) is 0 Å². The van der Waals surface area contributed by atoms with Crippen LogP contribution in [0.4, 0.5) is 11.4 Å². The molecule has 0 saturated heterocycles. The predicted octanol–water partition coefficient (Wildman–Crippen LogP) is 3.71. The molecule has 5 nitrogen and oxygen atoms in total. The molecular weight excluding hydrogens is 304 g/mol. The minimum absolute atomic E-state index is 0.126. The number of aryl methyl sites for hydroxylation is 1. The van der Waals surface area contributed by atoms with Gasteiger partial charge >= 0.3 is 5.97 Å². The second-order valence-corrected chi connectivity index (χ2v) is 5.50. The summed E-state index contributed by atoms with van der Waals surface area (Å²) < 4.78 is 4.81. The van der Waals surface area contributed by atoms with Gasteiger partial charge in [0.1, 0.15) is 5.75 Å². The van der Waals surface area contributed by atoms with Crippen molar-refractivity contribution in [3.63, 3.8) is 0 Å². The fourth-order valence-electron chi connectivity index (χ4n) is 2.68. The lowest BCUT2D eigenvalue weighted by molar-refractivity contribution is -0.139. The summed E-state index contributed by atoms with van der Waals surface area (Å²) in [5.41, 5.74) is 3.92. The molecule has 1 heterocycles. The largest absolute Gasteiger partial charge is 0.508 e. The van der Waals surface area contributed by atoms with Crippen molar-refractivity contribution in [2.45, 2.75) is 13.3 Å². The summed E-state index contributed by atoms with van der Waals surface area (Å²) >= 11 is 0. The van der Waals surface area contributed by atoms with E-state index < -0.39 is 0 Å². The number of carbonyl (C=O) groups is 1. The molecule has 3 rings (SSSR count). The molecule has 5 heteroatoms. The Labute approximate surface area is 139 Å². The van der Waals surface area contributed by atoms with Crippen LogP contribution in [-0.2, 0) is 16.0 Å². The number of phenolic OH excluding ortho intramolecular Hbond substituents is 1. The zero-order chi connectivity index (χ0) is 17.1. The number of pyridine rings is 1. The molecule has 0 aliphatic heterocycles. The van der Waals surface area contributed by atoms with Crippen LogP contribution in [0.2, 0.25) is 0 Å². The Morgan fingerprint density at radius 2 is 2.00 bits per heavy atom. The lowest BCUT2D eigenvalue weighted by Gasteiger charge is -2.17. The molecule has 0 atom stereocenters.